The number of aromatic nitrogens is 2. The third-order valence-electron chi connectivity index (χ3n) is 7.97. The van der Waals surface area contributed by atoms with Crippen LogP contribution in [0.1, 0.15) is 32.2 Å². The first-order valence-electron chi connectivity index (χ1n) is 19.4. The zero-order valence-electron chi connectivity index (χ0n) is 36.4. The van der Waals surface area contributed by atoms with Gasteiger partial charge in [0, 0.05) is 12.4 Å². The molecule has 0 saturated carbocycles. The Bertz CT molecular complexity index is 2120. The molecule has 3 rings (SSSR count). The normalized spacial score (nSPS) is 11.9. The molecule has 0 amide bonds. The molecule has 66 heavy (non-hydrogen) atoms. The molecule has 0 aliphatic carbocycles. The van der Waals surface area contributed by atoms with Crippen molar-refractivity contribution in [3.63, 3.8) is 0 Å². The predicted molar refractivity (Wildman–Crippen MR) is 222 cm³/mol. The Balaban J connectivity index is 2.02. The number of sulfonamides is 1. The van der Waals surface area contributed by atoms with Crippen LogP contribution in [0.5, 0.6) is 11.5 Å². The highest BCUT2D eigenvalue weighted by Crippen LogP contribution is 2.31. The van der Waals surface area contributed by atoms with E-state index in [4.69, 9.17) is 63.5 Å². The van der Waals surface area contributed by atoms with Crippen molar-refractivity contribution in [2.45, 2.75) is 31.1 Å². The number of benzene rings is 2. The second kappa shape index (κ2) is 27.9. The molecule has 0 bridgehead atoms. The molecule has 0 aliphatic rings. The Morgan fingerprint density at radius 1 is 0.712 bits per heavy atom. The molecule has 27 heteroatoms. The topological polar surface area (TPSA) is 322 Å². The molecule has 3 aromatic rings. The van der Waals surface area contributed by atoms with E-state index < -0.39 is 70.5 Å². The van der Waals surface area contributed by atoms with Gasteiger partial charge in [-0.2, -0.15) is 0 Å². The van der Waals surface area contributed by atoms with Crippen molar-refractivity contribution in [1.29, 1.82) is 5.41 Å². The quantitative estimate of drug-likeness (QED) is 0.0110. The number of nitrogens with zero attached hydrogens (tertiary/aromatic N) is 5. The van der Waals surface area contributed by atoms with Crippen LogP contribution in [0.25, 0.3) is 5.70 Å². The third-order valence-corrected chi connectivity index (χ3v) is 9.71. The van der Waals surface area contributed by atoms with Crippen LogP contribution < -0.4 is 14.8 Å². The fourth-order valence-corrected chi connectivity index (χ4v) is 6.08. The number of ether oxygens (including phenoxy) is 9. The molecule has 0 spiro atoms. The largest absolute Gasteiger partial charge is 0.510 e. The van der Waals surface area contributed by atoms with Crippen molar-refractivity contribution in [2.75, 3.05) is 79.9 Å². The van der Waals surface area contributed by atoms with Crippen LogP contribution in [0.3, 0.4) is 0 Å². The van der Waals surface area contributed by atoms with E-state index in [0.717, 1.165) is 5.56 Å². The summed E-state index contributed by atoms with van der Waals surface area (Å²) >= 11 is 0. The third kappa shape index (κ3) is 19.1. The monoisotopic (exact) mass is 955 g/mol. The van der Waals surface area contributed by atoms with Gasteiger partial charge in [0.25, 0.3) is 10.0 Å². The molecule has 0 fully saturated rings. The van der Waals surface area contributed by atoms with Gasteiger partial charge in [0.05, 0.1) is 68.1 Å². The van der Waals surface area contributed by atoms with Crippen LogP contribution in [0.2, 0.25) is 0 Å². The Morgan fingerprint density at radius 2 is 1.21 bits per heavy atom. The Hall–Kier alpha value is -6.24. The SMILES string of the molecule is C=C(NC(OCCOC(=O)OCCOCCON(O)O)=C(Oc1ccccc1OC)C(=N)N(COC(=O)OCCOCCON(O)O)S(=O)(=O)c1ccc(C(C)(C)C)cc1)c1ncccn1. The van der Waals surface area contributed by atoms with Crippen LogP contribution in [-0.2, 0) is 58.3 Å². The second-order valence-corrected chi connectivity index (χ2v) is 15.5. The first kappa shape index (κ1) is 54.1. The highest BCUT2D eigenvalue weighted by atomic mass is 32.2. The standard InChI is InChI=1S/C39H53N7O19S/c1-28(35-41-15-8-16-42-35)43-36(58-23-24-61-37(47)59-21-17-56-19-25-63-45(49)50)33(65-32-10-7-6-9-31(32)55-5)34(40)44(27-62-38(48)60-22-18-57-20-26-64-46(51)52)66(53,54)30-13-11-29(12-14-30)39(2,3)4/h6-16,40,43,49-52H,1,17-27H2,2-5H3. The van der Waals surface area contributed by atoms with Gasteiger partial charge in [-0.1, -0.05) is 51.6 Å². The average molecular weight is 956 g/mol. The van der Waals surface area contributed by atoms with Crippen LogP contribution in [0, 0.1) is 5.41 Å². The van der Waals surface area contributed by atoms with E-state index >= 15 is 0 Å². The lowest BCUT2D eigenvalue weighted by Gasteiger charge is -2.27. The molecule has 26 nitrogen and oxygen atoms in total. The minimum absolute atomic E-state index is 0.0372. The van der Waals surface area contributed by atoms with Gasteiger partial charge < -0.3 is 47.9 Å². The van der Waals surface area contributed by atoms with Gasteiger partial charge in [0.2, 0.25) is 11.6 Å². The zero-order valence-corrected chi connectivity index (χ0v) is 37.2. The Kier molecular flexibility index (Phi) is 22.9. The fraction of sp³-hybridized carbons (Fsp3) is 0.410. The van der Waals surface area contributed by atoms with Gasteiger partial charge in [-0.05, 0) is 41.3 Å². The molecule has 0 aliphatic heterocycles. The van der Waals surface area contributed by atoms with Crippen molar-refractivity contribution in [2.24, 2.45) is 0 Å². The van der Waals surface area contributed by atoms with Gasteiger partial charge in [-0.25, -0.2) is 42.0 Å². The van der Waals surface area contributed by atoms with E-state index in [1.807, 2.05) is 20.8 Å². The summed E-state index contributed by atoms with van der Waals surface area (Å²) in [6.45, 7) is 6.01. The maximum absolute atomic E-state index is 14.6. The molecule has 2 aromatic carbocycles. The first-order valence-corrected chi connectivity index (χ1v) is 20.9. The predicted octanol–water partition coefficient (Wildman–Crippen LogP) is 3.60. The molecular formula is C39H53N7O19S. The van der Waals surface area contributed by atoms with Crippen LogP contribution >= 0.6 is 0 Å². The van der Waals surface area contributed by atoms with Gasteiger partial charge in [-0.3, -0.25) is 26.2 Å². The summed E-state index contributed by atoms with van der Waals surface area (Å²) in [5.41, 5.74) is 0.377. The molecule has 0 saturated heterocycles. The lowest BCUT2D eigenvalue weighted by atomic mass is 9.87. The highest BCUT2D eigenvalue weighted by Gasteiger charge is 2.35. The van der Waals surface area contributed by atoms with E-state index in [9.17, 15) is 23.4 Å². The van der Waals surface area contributed by atoms with E-state index in [1.165, 1.54) is 43.8 Å². The molecule has 1 aromatic heterocycles. The maximum Gasteiger partial charge on any atom is 0.510 e. The van der Waals surface area contributed by atoms with Crippen LogP contribution in [0.15, 0.2) is 90.1 Å². The summed E-state index contributed by atoms with van der Waals surface area (Å²) < 4.78 is 77.8. The minimum Gasteiger partial charge on any atom is -0.493 e. The van der Waals surface area contributed by atoms with Crippen molar-refractivity contribution < 1.29 is 91.1 Å². The smallest absolute Gasteiger partial charge is 0.493 e. The average Bonchev–Trinajstić information content (AvgIpc) is 3.28. The summed E-state index contributed by atoms with van der Waals surface area (Å²) in [5.74, 6) is -2.04. The number of para-hydroxylation sites is 2. The maximum atomic E-state index is 14.6. The summed E-state index contributed by atoms with van der Waals surface area (Å²) in [7, 11) is -3.50. The van der Waals surface area contributed by atoms with Gasteiger partial charge in [-0.15, -0.1) is 0 Å². The summed E-state index contributed by atoms with van der Waals surface area (Å²) in [6.07, 6.45) is 0.336. The molecule has 6 N–H and O–H groups in total. The van der Waals surface area contributed by atoms with Crippen molar-refractivity contribution in [1.82, 2.24) is 30.4 Å². The summed E-state index contributed by atoms with van der Waals surface area (Å²) in [6, 6.07) is 13.5. The van der Waals surface area contributed by atoms with E-state index in [1.54, 1.807) is 30.3 Å². The summed E-state index contributed by atoms with van der Waals surface area (Å²) in [4.78, 5) is 41.9. The fourth-order valence-electron chi connectivity index (χ4n) is 4.83. The van der Waals surface area contributed by atoms with Gasteiger partial charge in [0.1, 0.15) is 26.4 Å². The lowest BCUT2D eigenvalue weighted by molar-refractivity contribution is -0.493. The number of hydrogen-bond donors (Lipinski definition) is 6. The summed E-state index contributed by atoms with van der Waals surface area (Å²) in [5, 5.41) is 45.6. The molecule has 0 unspecified atom stereocenters. The number of carbonyl (C=O) groups is 2. The minimum atomic E-state index is -4.84. The van der Waals surface area contributed by atoms with E-state index in [2.05, 4.69) is 31.5 Å². The number of methoxy groups -OCH3 is 1. The zero-order chi connectivity index (χ0) is 48.5. The molecule has 1 heterocycles. The van der Waals surface area contributed by atoms with Crippen molar-refractivity contribution in [3.8, 4) is 11.5 Å². The number of rotatable bonds is 29. The lowest BCUT2D eigenvalue weighted by Crippen LogP contribution is -2.42. The number of nitrogens with one attached hydrogen (secondary N) is 2. The van der Waals surface area contributed by atoms with Crippen LogP contribution in [-0.4, -0.2) is 152 Å². The highest BCUT2D eigenvalue weighted by molar-refractivity contribution is 7.89. The van der Waals surface area contributed by atoms with E-state index in [0.29, 0.717) is 4.31 Å². The van der Waals surface area contributed by atoms with Gasteiger partial charge in [0.15, 0.2) is 29.9 Å². The number of amidine groups is 1. The first-order chi connectivity index (χ1) is 31.4. The molecule has 0 atom stereocenters. The van der Waals surface area contributed by atoms with Crippen LogP contribution in [0.4, 0.5) is 9.59 Å². The number of hydrogen-bond acceptors (Lipinski definition) is 25. The van der Waals surface area contributed by atoms with Crippen molar-refractivity contribution >= 4 is 33.9 Å². The second-order valence-electron chi connectivity index (χ2n) is 13.6. The number of carbonyl (C=O) groups excluding carboxylic acids is 2. The Morgan fingerprint density at radius 3 is 1.74 bits per heavy atom. The van der Waals surface area contributed by atoms with Crippen molar-refractivity contribution in [3.05, 3.63) is 96.6 Å². The molecule has 364 valence electrons. The van der Waals surface area contributed by atoms with E-state index in [-0.39, 0.29) is 86.2 Å². The van der Waals surface area contributed by atoms with Gasteiger partial charge >= 0.3 is 12.3 Å². The Labute approximate surface area is 379 Å². The molecular weight excluding hydrogens is 903 g/mol. The molecule has 0 radical (unpaired) electrons.